The zero-order valence-corrected chi connectivity index (χ0v) is 13.9. The van der Waals surface area contributed by atoms with Gasteiger partial charge in [-0.15, -0.1) is 0 Å². The van der Waals surface area contributed by atoms with Gasteiger partial charge in [-0.3, -0.25) is 4.79 Å². The molecule has 0 saturated carbocycles. The number of hydrogen-bond acceptors (Lipinski definition) is 7. The molecule has 0 atom stereocenters. The van der Waals surface area contributed by atoms with E-state index in [0.717, 1.165) is 17.6 Å². The number of aromatic nitrogens is 4. The number of nitrogens with two attached hydrogens (primary N) is 1. The fourth-order valence-corrected chi connectivity index (χ4v) is 2.36. The minimum atomic E-state index is 0.122. The SMILES string of the molecule is COc1ccc(CNc2cc(-n3ncc(C=O)c3C)nc(N)n2)cc1. The number of nitrogens with zero attached hydrogens (tertiary/aromatic N) is 4. The molecule has 8 nitrogen and oxygen atoms in total. The van der Waals surface area contributed by atoms with E-state index in [2.05, 4.69) is 20.4 Å². The van der Waals surface area contributed by atoms with Gasteiger partial charge in [-0.1, -0.05) is 12.1 Å². The molecule has 0 aliphatic carbocycles. The highest BCUT2D eigenvalue weighted by atomic mass is 16.5. The first-order valence-electron chi connectivity index (χ1n) is 7.62. The predicted octanol–water partition coefficient (Wildman–Crippen LogP) is 1.99. The molecule has 0 aliphatic heterocycles. The summed E-state index contributed by atoms with van der Waals surface area (Å²) in [5, 5.41) is 7.38. The van der Waals surface area contributed by atoms with Gasteiger partial charge in [0.05, 0.1) is 24.6 Å². The molecule has 2 aromatic heterocycles. The quantitative estimate of drug-likeness (QED) is 0.662. The molecule has 3 N–H and O–H groups in total. The van der Waals surface area contributed by atoms with Gasteiger partial charge in [-0.05, 0) is 24.6 Å². The van der Waals surface area contributed by atoms with Crippen LogP contribution in [0.1, 0.15) is 21.6 Å². The van der Waals surface area contributed by atoms with E-state index in [1.165, 1.54) is 6.20 Å². The fourth-order valence-electron chi connectivity index (χ4n) is 2.36. The third kappa shape index (κ3) is 3.57. The van der Waals surface area contributed by atoms with Crippen LogP contribution in [0.15, 0.2) is 36.5 Å². The Kier molecular flexibility index (Phi) is 4.60. The van der Waals surface area contributed by atoms with Crippen molar-refractivity contribution in [2.45, 2.75) is 13.5 Å². The van der Waals surface area contributed by atoms with E-state index in [1.807, 2.05) is 24.3 Å². The maximum atomic E-state index is 11.0. The van der Waals surface area contributed by atoms with E-state index >= 15 is 0 Å². The lowest BCUT2D eigenvalue weighted by molar-refractivity contribution is 0.112. The standard InChI is InChI=1S/C17H18N6O2/c1-11-13(10-24)9-20-23(11)16-7-15(21-17(18)22-16)19-8-12-3-5-14(25-2)6-4-12/h3-7,9-10H,8H2,1-2H3,(H3,18,19,21,22). The highest BCUT2D eigenvalue weighted by Gasteiger charge is 2.11. The van der Waals surface area contributed by atoms with Crippen molar-refractivity contribution < 1.29 is 9.53 Å². The third-order valence-corrected chi connectivity index (χ3v) is 3.75. The van der Waals surface area contributed by atoms with Crippen LogP contribution in [0.4, 0.5) is 11.8 Å². The molecule has 0 saturated heterocycles. The van der Waals surface area contributed by atoms with Gasteiger partial charge in [0.1, 0.15) is 11.6 Å². The number of nitrogens with one attached hydrogen (secondary N) is 1. The summed E-state index contributed by atoms with van der Waals surface area (Å²) in [4.78, 5) is 19.3. The zero-order valence-electron chi connectivity index (χ0n) is 13.9. The second kappa shape index (κ2) is 7.00. The lowest BCUT2D eigenvalue weighted by atomic mass is 10.2. The summed E-state index contributed by atoms with van der Waals surface area (Å²) in [5.41, 5.74) is 8.06. The van der Waals surface area contributed by atoms with E-state index in [9.17, 15) is 4.79 Å². The van der Waals surface area contributed by atoms with Crippen LogP contribution in [0.3, 0.4) is 0 Å². The molecule has 25 heavy (non-hydrogen) atoms. The van der Waals surface area contributed by atoms with Crippen molar-refractivity contribution in [2.24, 2.45) is 0 Å². The minimum absolute atomic E-state index is 0.122. The Morgan fingerprint density at radius 1 is 1.28 bits per heavy atom. The summed E-state index contributed by atoms with van der Waals surface area (Å²) in [7, 11) is 1.63. The Balaban J connectivity index is 1.81. The van der Waals surface area contributed by atoms with Gasteiger partial charge in [-0.25, -0.2) is 4.68 Å². The summed E-state index contributed by atoms with van der Waals surface area (Å²) in [6.07, 6.45) is 2.25. The van der Waals surface area contributed by atoms with Crippen LogP contribution in [0.2, 0.25) is 0 Å². The minimum Gasteiger partial charge on any atom is -0.497 e. The molecule has 2 heterocycles. The number of anilines is 2. The van der Waals surface area contributed by atoms with Gasteiger partial charge in [0.15, 0.2) is 12.1 Å². The van der Waals surface area contributed by atoms with Crippen LogP contribution in [-0.2, 0) is 6.54 Å². The molecule has 3 aromatic rings. The first-order valence-corrected chi connectivity index (χ1v) is 7.62. The largest absolute Gasteiger partial charge is 0.497 e. The molecule has 0 fully saturated rings. The van der Waals surface area contributed by atoms with E-state index in [4.69, 9.17) is 10.5 Å². The van der Waals surface area contributed by atoms with Crippen LogP contribution in [0.25, 0.3) is 5.82 Å². The molecule has 3 rings (SSSR count). The Labute approximate surface area is 144 Å². The summed E-state index contributed by atoms with van der Waals surface area (Å²) < 4.78 is 6.70. The van der Waals surface area contributed by atoms with E-state index < -0.39 is 0 Å². The van der Waals surface area contributed by atoms with Crippen molar-refractivity contribution in [2.75, 3.05) is 18.2 Å². The van der Waals surface area contributed by atoms with Crippen molar-refractivity contribution in [1.82, 2.24) is 19.7 Å². The number of rotatable bonds is 6. The summed E-state index contributed by atoms with van der Waals surface area (Å²) in [6, 6.07) is 9.45. The first kappa shape index (κ1) is 16.4. The second-order valence-corrected chi connectivity index (χ2v) is 5.39. The molecule has 0 spiro atoms. The lowest BCUT2D eigenvalue weighted by Gasteiger charge is -2.10. The van der Waals surface area contributed by atoms with Gasteiger partial charge in [-0.2, -0.15) is 15.1 Å². The number of ether oxygens (including phenoxy) is 1. The average Bonchev–Trinajstić information content (AvgIpc) is 3.00. The molecule has 1 aromatic carbocycles. The van der Waals surface area contributed by atoms with Crippen LogP contribution < -0.4 is 15.8 Å². The monoisotopic (exact) mass is 338 g/mol. The van der Waals surface area contributed by atoms with Gasteiger partial charge in [0.25, 0.3) is 0 Å². The number of benzene rings is 1. The Bertz CT molecular complexity index is 889. The van der Waals surface area contributed by atoms with Gasteiger partial charge in [0, 0.05) is 12.6 Å². The first-order chi connectivity index (χ1) is 12.1. The van der Waals surface area contributed by atoms with Crippen LogP contribution >= 0.6 is 0 Å². The average molecular weight is 338 g/mol. The number of carbonyl (C=O) groups is 1. The van der Waals surface area contributed by atoms with Crippen LogP contribution in [0.5, 0.6) is 5.75 Å². The van der Waals surface area contributed by atoms with Crippen molar-refractivity contribution in [3.63, 3.8) is 0 Å². The summed E-state index contributed by atoms with van der Waals surface area (Å²) in [5.74, 6) is 1.99. The van der Waals surface area contributed by atoms with Crippen molar-refractivity contribution in [3.8, 4) is 11.6 Å². The number of methoxy groups -OCH3 is 1. The van der Waals surface area contributed by atoms with E-state index in [1.54, 1.807) is 24.8 Å². The maximum absolute atomic E-state index is 11.0. The Morgan fingerprint density at radius 2 is 2.04 bits per heavy atom. The lowest BCUT2D eigenvalue weighted by Crippen LogP contribution is -2.09. The maximum Gasteiger partial charge on any atom is 0.224 e. The summed E-state index contributed by atoms with van der Waals surface area (Å²) in [6.45, 7) is 2.36. The molecule has 0 radical (unpaired) electrons. The number of aldehydes is 1. The van der Waals surface area contributed by atoms with E-state index in [-0.39, 0.29) is 5.95 Å². The second-order valence-electron chi connectivity index (χ2n) is 5.39. The zero-order chi connectivity index (χ0) is 17.8. The molecule has 0 unspecified atom stereocenters. The number of carbonyl (C=O) groups excluding carboxylic acids is 1. The van der Waals surface area contributed by atoms with E-state index in [0.29, 0.717) is 29.4 Å². The molecule has 128 valence electrons. The van der Waals surface area contributed by atoms with Crippen molar-refractivity contribution in [1.29, 1.82) is 0 Å². The molecular formula is C17H18N6O2. The normalized spacial score (nSPS) is 10.5. The highest BCUT2D eigenvalue weighted by Crippen LogP contribution is 2.17. The Morgan fingerprint density at radius 3 is 2.68 bits per heavy atom. The molecular weight excluding hydrogens is 320 g/mol. The van der Waals surface area contributed by atoms with Gasteiger partial charge in [0.2, 0.25) is 5.95 Å². The van der Waals surface area contributed by atoms with Gasteiger partial charge < -0.3 is 15.8 Å². The van der Waals surface area contributed by atoms with Crippen LogP contribution in [-0.4, -0.2) is 33.1 Å². The van der Waals surface area contributed by atoms with Crippen molar-refractivity contribution >= 4 is 18.1 Å². The van der Waals surface area contributed by atoms with Gasteiger partial charge >= 0.3 is 0 Å². The van der Waals surface area contributed by atoms with Crippen molar-refractivity contribution in [3.05, 3.63) is 53.3 Å². The highest BCUT2D eigenvalue weighted by molar-refractivity contribution is 5.76. The summed E-state index contributed by atoms with van der Waals surface area (Å²) >= 11 is 0. The molecule has 0 amide bonds. The smallest absolute Gasteiger partial charge is 0.224 e. The molecule has 8 heteroatoms. The molecule has 0 aliphatic rings. The number of nitrogen functional groups attached to an aromatic ring is 1. The molecule has 0 bridgehead atoms. The third-order valence-electron chi connectivity index (χ3n) is 3.75. The Hall–Kier alpha value is -3.42. The number of hydrogen-bond donors (Lipinski definition) is 2. The topological polar surface area (TPSA) is 108 Å². The van der Waals surface area contributed by atoms with Crippen LogP contribution in [0, 0.1) is 6.92 Å². The fraction of sp³-hybridized carbons (Fsp3) is 0.176. The predicted molar refractivity (Wildman–Crippen MR) is 94.0 cm³/mol.